The number of aliphatic hydroxyl groups is 1. The van der Waals surface area contributed by atoms with Crippen LogP contribution in [0.2, 0.25) is 0 Å². The molecule has 218 valence electrons. The van der Waals surface area contributed by atoms with E-state index in [1.54, 1.807) is 26.0 Å². The Hall–Kier alpha value is -3.86. The number of aromatic nitrogens is 2. The van der Waals surface area contributed by atoms with Gasteiger partial charge in [0.2, 0.25) is 0 Å². The molecule has 0 saturated carbocycles. The number of methoxy groups -OCH3 is 1. The van der Waals surface area contributed by atoms with Gasteiger partial charge in [0, 0.05) is 29.5 Å². The van der Waals surface area contributed by atoms with E-state index in [0.29, 0.717) is 54.2 Å². The van der Waals surface area contributed by atoms with Crippen molar-refractivity contribution in [3.63, 3.8) is 0 Å². The van der Waals surface area contributed by atoms with Crippen molar-refractivity contribution in [1.29, 1.82) is 0 Å². The molecule has 2 heterocycles. The minimum absolute atomic E-state index is 0.0489. The third-order valence-corrected chi connectivity index (χ3v) is 7.28. The Bertz CT molecular complexity index is 1420. The Balaban J connectivity index is 1.38. The van der Waals surface area contributed by atoms with E-state index in [4.69, 9.17) is 18.9 Å². The van der Waals surface area contributed by atoms with E-state index < -0.39 is 23.4 Å². The second kappa shape index (κ2) is 11.2. The van der Waals surface area contributed by atoms with Crippen LogP contribution in [0.25, 0.3) is 11.4 Å². The SMILES string of the molecule is COC(=O)C[C@@H]1COc2cc(O[C@@H]3CCc4c3ccc(C(F)(F)F)c4-c3ncc(OCCC(C)(C)O)cn3)ccc21. The van der Waals surface area contributed by atoms with Gasteiger partial charge >= 0.3 is 12.1 Å². The molecule has 1 aliphatic heterocycles. The lowest BCUT2D eigenvalue weighted by molar-refractivity contribution is -0.141. The Morgan fingerprint density at radius 2 is 1.83 bits per heavy atom. The molecule has 2 aromatic carbocycles. The number of hydrogen-bond donors (Lipinski definition) is 1. The Kier molecular flexibility index (Phi) is 7.83. The molecule has 0 spiro atoms. The van der Waals surface area contributed by atoms with Crippen LogP contribution in [0.3, 0.4) is 0 Å². The molecule has 3 aromatic rings. The summed E-state index contributed by atoms with van der Waals surface area (Å²) < 4.78 is 64.6. The fourth-order valence-electron chi connectivity index (χ4n) is 5.17. The lowest BCUT2D eigenvalue weighted by Crippen LogP contribution is -2.21. The molecular weight excluding hydrogens is 541 g/mol. The summed E-state index contributed by atoms with van der Waals surface area (Å²) in [5.74, 6) is 0.951. The summed E-state index contributed by atoms with van der Waals surface area (Å²) in [5.41, 5.74) is 0.243. The number of carbonyl (C=O) groups excluding carboxylic acids is 1. The fourth-order valence-corrected chi connectivity index (χ4v) is 5.17. The number of esters is 1. The second-order valence-electron chi connectivity index (χ2n) is 10.8. The number of carbonyl (C=O) groups is 1. The monoisotopic (exact) mass is 572 g/mol. The molecule has 1 N–H and O–H groups in total. The van der Waals surface area contributed by atoms with Gasteiger partial charge in [-0.15, -0.1) is 0 Å². The van der Waals surface area contributed by atoms with Crippen LogP contribution in [0.4, 0.5) is 13.2 Å². The first-order valence-corrected chi connectivity index (χ1v) is 13.3. The molecule has 2 aliphatic rings. The molecule has 1 aromatic heterocycles. The lowest BCUT2D eigenvalue weighted by Gasteiger charge is -2.19. The van der Waals surface area contributed by atoms with Gasteiger partial charge in [-0.25, -0.2) is 9.97 Å². The van der Waals surface area contributed by atoms with Crippen molar-refractivity contribution in [2.45, 2.75) is 63.3 Å². The normalized spacial score (nSPS) is 17.9. The van der Waals surface area contributed by atoms with Crippen LogP contribution in [-0.4, -0.2) is 47.0 Å². The van der Waals surface area contributed by atoms with Crippen LogP contribution in [0, 0.1) is 0 Å². The molecule has 2 atom stereocenters. The van der Waals surface area contributed by atoms with Crippen molar-refractivity contribution >= 4 is 5.97 Å². The standard InChI is InChI=1S/C30H31F3N2O6/c1-29(2,37)10-11-39-19-14-34-28(35-15-19)27-22-7-9-24(21(22)6-8-23(27)30(31,32)33)41-18-4-5-20-17(12-26(36)38-3)16-40-25(20)13-18/h4-6,8,13-15,17,24,37H,7,9-12,16H2,1-3H3/t17-,24-/m1/s1. The number of benzene rings is 2. The van der Waals surface area contributed by atoms with Crippen molar-refractivity contribution in [2.75, 3.05) is 20.3 Å². The zero-order valence-corrected chi connectivity index (χ0v) is 23.0. The predicted octanol–water partition coefficient (Wildman–Crippen LogP) is 5.81. The topological polar surface area (TPSA) is 100 Å². The van der Waals surface area contributed by atoms with Gasteiger partial charge in [0.25, 0.3) is 0 Å². The van der Waals surface area contributed by atoms with E-state index in [1.165, 1.54) is 25.6 Å². The average Bonchev–Trinajstić information content (AvgIpc) is 3.51. The highest BCUT2D eigenvalue weighted by Crippen LogP contribution is 2.46. The average molecular weight is 573 g/mol. The summed E-state index contributed by atoms with van der Waals surface area (Å²) in [5, 5.41) is 9.84. The number of hydrogen-bond acceptors (Lipinski definition) is 8. The van der Waals surface area contributed by atoms with Crippen molar-refractivity contribution in [1.82, 2.24) is 9.97 Å². The summed E-state index contributed by atoms with van der Waals surface area (Å²) >= 11 is 0. The minimum atomic E-state index is -4.60. The van der Waals surface area contributed by atoms with Gasteiger partial charge in [0.1, 0.15) is 17.6 Å². The molecule has 11 heteroatoms. The van der Waals surface area contributed by atoms with Gasteiger partial charge in [-0.1, -0.05) is 12.1 Å². The second-order valence-corrected chi connectivity index (χ2v) is 10.8. The number of fused-ring (bicyclic) bond motifs is 2. The maximum atomic E-state index is 14.1. The molecule has 0 bridgehead atoms. The van der Waals surface area contributed by atoms with Crippen molar-refractivity contribution < 1.29 is 42.0 Å². The van der Waals surface area contributed by atoms with Gasteiger partial charge in [-0.3, -0.25) is 4.79 Å². The Morgan fingerprint density at radius 1 is 1.10 bits per heavy atom. The molecule has 0 radical (unpaired) electrons. The zero-order valence-electron chi connectivity index (χ0n) is 23.0. The van der Waals surface area contributed by atoms with Crippen LogP contribution in [0.1, 0.15) is 67.4 Å². The van der Waals surface area contributed by atoms with Crippen LogP contribution >= 0.6 is 0 Å². The molecule has 0 amide bonds. The number of ether oxygens (including phenoxy) is 4. The van der Waals surface area contributed by atoms with Gasteiger partial charge in [0.15, 0.2) is 11.6 Å². The van der Waals surface area contributed by atoms with Crippen LogP contribution in [-0.2, 0) is 22.1 Å². The molecule has 1 aliphatic carbocycles. The summed E-state index contributed by atoms with van der Waals surface area (Å²) in [6, 6.07) is 7.88. The number of rotatable bonds is 9. The van der Waals surface area contributed by atoms with Gasteiger partial charge < -0.3 is 24.1 Å². The van der Waals surface area contributed by atoms with Gasteiger partial charge in [-0.05, 0) is 49.9 Å². The first kappa shape index (κ1) is 28.7. The summed E-state index contributed by atoms with van der Waals surface area (Å²) in [7, 11) is 1.34. The van der Waals surface area contributed by atoms with E-state index >= 15 is 0 Å². The maximum Gasteiger partial charge on any atom is 0.417 e. The van der Waals surface area contributed by atoms with Crippen molar-refractivity contribution in [3.05, 3.63) is 65.0 Å². The lowest BCUT2D eigenvalue weighted by atomic mass is 9.96. The molecule has 41 heavy (non-hydrogen) atoms. The van der Waals surface area contributed by atoms with E-state index in [0.717, 1.165) is 11.6 Å². The zero-order chi connectivity index (χ0) is 29.4. The third-order valence-electron chi connectivity index (χ3n) is 7.28. The highest BCUT2D eigenvalue weighted by molar-refractivity contribution is 5.71. The van der Waals surface area contributed by atoms with Crippen LogP contribution in [0.15, 0.2) is 42.7 Å². The van der Waals surface area contributed by atoms with E-state index in [2.05, 4.69) is 9.97 Å². The number of alkyl halides is 3. The largest absolute Gasteiger partial charge is 0.492 e. The first-order valence-electron chi connectivity index (χ1n) is 13.3. The van der Waals surface area contributed by atoms with Crippen LogP contribution in [0.5, 0.6) is 17.2 Å². The van der Waals surface area contributed by atoms with E-state index in [-0.39, 0.29) is 36.3 Å². The highest BCUT2D eigenvalue weighted by Gasteiger charge is 2.39. The van der Waals surface area contributed by atoms with Crippen molar-refractivity contribution in [2.24, 2.45) is 0 Å². The van der Waals surface area contributed by atoms with E-state index in [1.807, 2.05) is 6.07 Å². The highest BCUT2D eigenvalue weighted by atomic mass is 19.4. The quantitative estimate of drug-likeness (QED) is 0.321. The van der Waals surface area contributed by atoms with Crippen molar-refractivity contribution in [3.8, 4) is 28.6 Å². The molecule has 0 unspecified atom stereocenters. The minimum Gasteiger partial charge on any atom is -0.492 e. The molecule has 8 nitrogen and oxygen atoms in total. The fraction of sp³-hybridized carbons (Fsp3) is 0.433. The predicted molar refractivity (Wildman–Crippen MR) is 142 cm³/mol. The number of halogens is 3. The Labute approximate surface area is 235 Å². The van der Waals surface area contributed by atoms with Gasteiger partial charge in [0.05, 0.1) is 50.3 Å². The van der Waals surface area contributed by atoms with Crippen LogP contribution < -0.4 is 14.2 Å². The summed E-state index contributed by atoms with van der Waals surface area (Å²) in [4.78, 5) is 20.1. The molecular formula is C30H31F3N2O6. The first-order chi connectivity index (χ1) is 19.4. The van der Waals surface area contributed by atoms with E-state index in [9.17, 15) is 23.1 Å². The third kappa shape index (κ3) is 6.40. The molecule has 0 fully saturated rings. The molecule has 5 rings (SSSR count). The maximum absolute atomic E-state index is 14.1. The van der Waals surface area contributed by atoms with Gasteiger partial charge in [-0.2, -0.15) is 13.2 Å². The summed E-state index contributed by atoms with van der Waals surface area (Å²) in [6.07, 6.45) is -0.988. The number of nitrogens with zero attached hydrogens (tertiary/aromatic N) is 2. The smallest absolute Gasteiger partial charge is 0.417 e. The summed E-state index contributed by atoms with van der Waals surface area (Å²) in [6.45, 7) is 3.87. The Morgan fingerprint density at radius 3 is 2.51 bits per heavy atom. The molecule has 0 saturated heterocycles.